The Morgan fingerprint density at radius 1 is 1.54 bits per heavy atom. The average molecular weight is 187 g/mol. The Kier molecular flexibility index (Phi) is 1.83. The van der Waals surface area contributed by atoms with Gasteiger partial charge in [-0.1, -0.05) is 0 Å². The van der Waals surface area contributed by atoms with Crippen molar-refractivity contribution in [2.75, 3.05) is 6.54 Å². The molecule has 0 aromatic carbocycles. The van der Waals surface area contributed by atoms with E-state index in [0.29, 0.717) is 0 Å². The summed E-state index contributed by atoms with van der Waals surface area (Å²) < 4.78 is 10.7. The standard InChI is InChI=1S/C8H13NO4/c1-8(2)12-5-4(10)3-9-7(11)6(5)13-8/h4-6,10H,3H2,1-2H3,(H,9,11)/t4-,5+,6+/m1/s1. The summed E-state index contributed by atoms with van der Waals surface area (Å²) in [5.41, 5.74) is 0. The number of carbonyl (C=O) groups excluding carboxylic acids is 1. The predicted molar refractivity (Wildman–Crippen MR) is 42.8 cm³/mol. The monoisotopic (exact) mass is 187 g/mol. The number of amides is 1. The van der Waals surface area contributed by atoms with Crippen LogP contribution in [0.5, 0.6) is 0 Å². The minimum atomic E-state index is -0.780. The van der Waals surface area contributed by atoms with Gasteiger partial charge in [0.05, 0.1) is 0 Å². The van der Waals surface area contributed by atoms with Crippen molar-refractivity contribution in [1.29, 1.82) is 0 Å². The number of β-amino-alcohol motifs (C(OH)–C–C–N with tert-alkyl or cyclic N) is 1. The molecule has 0 aromatic heterocycles. The molecule has 0 spiro atoms. The molecule has 0 bridgehead atoms. The van der Waals surface area contributed by atoms with Gasteiger partial charge in [-0.2, -0.15) is 0 Å². The lowest BCUT2D eigenvalue weighted by molar-refractivity contribution is -0.156. The van der Waals surface area contributed by atoms with Crippen LogP contribution in [0.25, 0.3) is 0 Å². The van der Waals surface area contributed by atoms with Crippen LogP contribution in [0.15, 0.2) is 0 Å². The predicted octanol–water partition coefficient (Wildman–Crippen LogP) is -1.00. The number of hydrogen-bond acceptors (Lipinski definition) is 4. The number of rotatable bonds is 0. The van der Waals surface area contributed by atoms with E-state index in [9.17, 15) is 9.90 Å². The Morgan fingerprint density at radius 3 is 2.85 bits per heavy atom. The van der Waals surface area contributed by atoms with Crippen molar-refractivity contribution in [3.8, 4) is 0 Å². The summed E-state index contributed by atoms with van der Waals surface area (Å²) in [5, 5.41) is 12.1. The number of aliphatic hydroxyl groups is 1. The van der Waals surface area contributed by atoms with Gasteiger partial charge in [-0.25, -0.2) is 0 Å². The number of hydrogen-bond donors (Lipinski definition) is 2. The molecular weight excluding hydrogens is 174 g/mol. The van der Waals surface area contributed by atoms with Gasteiger partial charge in [0.15, 0.2) is 11.9 Å². The Balaban J connectivity index is 2.19. The van der Waals surface area contributed by atoms with Crippen LogP contribution in [0.2, 0.25) is 0 Å². The maximum absolute atomic E-state index is 11.3. The highest BCUT2D eigenvalue weighted by Crippen LogP contribution is 2.31. The Labute approximate surface area is 76.0 Å². The summed E-state index contributed by atoms with van der Waals surface area (Å²) in [4.78, 5) is 11.3. The Hall–Kier alpha value is -0.650. The molecule has 2 rings (SSSR count). The van der Waals surface area contributed by atoms with E-state index in [2.05, 4.69) is 5.32 Å². The number of aliphatic hydroxyl groups excluding tert-OH is 1. The second-order valence-corrected chi connectivity index (χ2v) is 3.83. The smallest absolute Gasteiger partial charge is 0.252 e. The summed E-state index contributed by atoms with van der Waals surface area (Å²) in [7, 11) is 0. The van der Waals surface area contributed by atoms with Gasteiger partial charge in [-0.15, -0.1) is 0 Å². The third-order valence-electron chi connectivity index (χ3n) is 2.25. The normalized spacial score (nSPS) is 42.7. The van der Waals surface area contributed by atoms with E-state index in [0.717, 1.165) is 0 Å². The van der Waals surface area contributed by atoms with Crippen LogP contribution in [-0.2, 0) is 14.3 Å². The van der Waals surface area contributed by atoms with Crippen molar-refractivity contribution in [3.05, 3.63) is 0 Å². The molecule has 2 heterocycles. The van der Waals surface area contributed by atoms with Gasteiger partial charge in [0.1, 0.15) is 12.2 Å². The fraction of sp³-hybridized carbons (Fsp3) is 0.875. The first kappa shape index (κ1) is 8.93. The molecule has 2 aliphatic rings. The lowest BCUT2D eigenvalue weighted by Crippen LogP contribution is -2.55. The molecule has 2 N–H and O–H groups in total. The van der Waals surface area contributed by atoms with Crippen molar-refractivity contribution in [2.45, 2.75) is 37.9 Å². The maximum Gasteiger partial charge on any atom is 0.252 e. The highest BCUT2D eigenvalue weighted by atomic mass is 16.8. The largest absolute Gasteiger partial charge is 0.388 e. The van der Waals surface area contributed by atoms with Gasteiger partial charge in [0.25, 0.3) is 5.91 Å². The first-order valence-electron chi connectivity index (χ1n) is 4.31. The maximum atomic E-state index is 11.3. The van der Waals surface area contributed by atoms with Gasteiger partial charge in [0.2, 0.25) is 0 Å². The summed E-state index contributed by atoms with van der Waals surface area (Å²) in [6, 6.07) is 0. The molecule has 0 aromatic rings. The van der Waals surface area contributed by atoms with Crippen molar-refractivity contribution in [2.24, 2.45) is 0 Å². The van der Waals surface area contributed by atoms with E-state index in [1.54, 1.807) is 13.8 Å². The van der Waals surface area contributed by atoms with Gasteiger partial charge in [-0.3, -0.25) is 4.79 Å². The number of carbonyl (C=O) groups is 1. The first-order valence-corrected chi connectivity index (χ1v) is 4.31. The van der Waals surface area contributed by atoms with Crippen LogP contribution >= 0.6 is 0 Å². The fourth-order valence-electron chi connectivity index (χ4n) is 1.70. The zero-order valence-electron chi connectivity index (χ0n) is 7.61. The number of ether oxygens (including phenoxy) is 2. The minimum Gasteiger partial charge on any atom is -0.388 e. The minimum absolute atomic E-state index is 0.208. The topological polar surface area (TPSA) is 67.8 Å². The van der Waals surface area contributed by atoms with E-state index in [-0.39, 0.29) is 12.5 Å². The lowest BCUT2D eigenvalue weighted by atomic mass is 10.0. The molecule has 2 aliphatic heterocycles. The molecule has 0 aliphatic carbocycles. The number of fused-ring (bicyclic) bond motifs is 1. The number of piperidine rings is 1. The lowest BCUT2D eigenvalue weighted by Gasteiger charge is -2.27. The molecule has 13 heavy (non-hydrogen) atoms. The van der Waals surface area contributed by atoms with E-state index in [1.807, 2.05) is 0 Å². The van der Waals surface area contributed by atoms with Crippen molar-refractivity contribution < 1.29 is 19.4 Å². The molecule has 5 nitrogen and oxygen atoms in total. The SMILES string of the molecule is CC1(C)O[C@H]2[C@H](O)CNC(=O)[C@H]2O1. The van der Waals surface area contributed by atoms with Crippen LogP contribution < -0.4 is 5.32 Å². The Bertz CT molecular complexity index is 240. The first-order chi connectivity index (χ1) is 5.99. The highest BCUT2D eigenvalue weighted by molar-refractivity contribution is 5.82. The van der Waals surface area contributed by atoms with Crippen LogP contribution in [0, 0.1) is 0 Å². The molecule has 5 heteroatoms. The van der Waals surface area contributed by atoms with Crippen LogP contribution in [0.4, 0.5) is 0 Å². The van der Waals surface area contributed by atoms with Gasteiger partial charge in [0, 0.05) is 6.54 Å². The van der Waals surface area contributed by atoms with Crippen molar-refractivity contribution >= 4 is 5.91 Å². The van der Waals surface area contributed by atoms with Crippen LogP contribution in [-0.4, -0.2) is 41.7 Å². The molecule has 0 unspecified atom stereocenters. The molecule has 74 valence electrons. The third-order valence-corrected chi connectivity index (χ3v) is 2.25. The van der Waals surface area contributed by atoms with Gasteiger partial charge in [-0.05, 0) is 13.8 Å². The molecule has 0 radical (unpaired) electrons. The molecular formula is C8H13NO4. The number of nitrogens with one attached hydrogen (secondary N) is 1. The zero-order valence-corrected chi connectivity index (χ0v) is 7.61. The summed E-state index contributed by atoms with van der Waals surface area (Å²) >= 11 is 0. The Morgan fingerprint density at radius 2 is 2.23 bits per heavy atom. The zero-order chi connectivity index (χ0) is 9.64. The molecule has 0 saturated carbocycles. The van der Waals surface area contributed by atoms with Gasteiger partial charge < -0.3 is 19.9 Å². The molecule has 2 saturated heterocycles. The summed E-state index contributed by atoms with van der Waals surface area (Å²) in [6.07, 6.45) is -1.87. The van der Waals surface area contributed by atoms with E-state index in [1.165, 1.54) is 0 Å². The second kappa shape index (κ2) is 2.67. The second-order valence-electron chi connectivity index (χ2n) is 3.83. The van der Waals surface area contributed by atoms with Crippen LogP contribution in [0.3, 0.4) is 0 Å². The third kappa shape index (κ3) is 1.43. The van der Waals surface area contributed by atoms with Crippen molar-refractivity contribution in [1.82, 2.24) is 5.32 Å². The molecule has 1 amide bonds. The van der Waals surface area contributed by atoms with Crippen molar-refractivity contribution in [3.63, 3.8) is 0 Å². The van der Waals surface area contributed by atoms with E-state index in [4.69, 9.17) is 9.47 Å². The molecule has 2 fully saturated rings. The summed E-state index contributed by atoms with van der Waals surface area (Å²) in [6.45, 7) is 3.69. The van der Waals surface area contributed by atoms with E-state index >= 15 is 0 Å². The highest BCUT2D eigenvalue weighted by Gasteiger charge is 2.50. The average Bonchev–Trinajstić information content (AvgIpc) is 2.35. The molecule has 3 atom stereocenters. The van der Waals surface area contributed by atoms with E-state index < -0.39 is 24.1 Å². The fourth-order valence-corrected chi connectivity index (χ4v) is 1.70. The van der Waals surface area contributed by atoms with Gasteiger partial charge >= 0.3 is 0 Å². The summed E-state index contributed by atoms with van der Waals surface area (Å²) in [5.74, 6) is -0.987. The quantitative estimate of drug-likeness (QED) is 0.510. The van der Waals surface area contributed by atoms with Crippen LogP contribution in [0.1, 0.15) is 13.8 Å².